The molecular weight excluding hydrogens is 268 g/mol. The van der Waals surface area contributed by atoms with Crippen LogP contribution in [0.15, 0.2) is 34.6 Å². The molecule has 0 saturated carbocycles. The Kier molecular flexibility index (Phi) is 3.96. The average molecular weight is 283 g/mol. The predicted molar refractivity (Wildman–Crippen MR) is 67.0 cm³/mol. The highest BCUT2D eigenvalue weighted by Crippen LogP contribution is 2.24. The Morgan fingerprint density at radius 2 is 2.38 bits per heavy atom. The van der Waals surface area contributed by atoms with Crippen LogP contribution in [0.2, 0.25) is 0 Å². The quantitative estimate of drug-likeness (QED) is 0.926. The maximum Gasteiger partial charge on any atom is 0.115 e. The van der Waals surface area contributed by atoms with Gasteiger partial charge in [-0.3, -0.25) is 4.98 Å². The number of nitrogens with zero attached hydrogens (tertiary/aromatic N) is 1. The van der Waals surface area contributed by atoms with E-state index in [1.54, 1.807) is 0 Å². The first-order chi connectivity index (χ1) is 7.81. The van der Waals surface area contributed by atoms with Gasteiger partial charge in [0.2, 0.25) is 0 Å². The first-order valence-electron chi connectivity index (χ1n) is 5.43. The molecule has 16 heavy (non-hydrogen) atoms. The van der Waals surface area contributed by atoms with E-state index in [0.717, 1.165) is 35.4 Å². The van der Waals surface area contributed by atoms with E-state index in [4.69, 9.17) is 4.74 Å². The largest absolute Gasteiger partial charge is 0.496 e. The topological polar surface area (TPSA) is 34.1 Å². The minimum absolute atomic E-state index is 0.0633. The lowest BCUT2D eigenvalue weighted by Gasteiger charge is -2.23. The lowest BCUT2D eigenvalue weighted by atomic mass is 10.1. The van der Waals surface area contributed by atoms with Gasteiger partial charge in [-0.05, 0) is 54.0 Å². The Morgan fingerprint density at radius 1 is 1.50 bits per heavy atom. The SMILES string of the molecule is CNC(C1=CCCCO1)c1ccc(Br)cn1. The van der Waals surface area contributed by atoms with Crippen molar-refractivity contribution in [2.24, 2.45) is 0 Å². The van der Waals surface area contributed by atoms with Crippen LogP contribution in [0.4, 0.5) is 0 Å². The van der Waals surface area contributed by atoms with Crippen LogP contribution in [0, 0.1) is 0 Å². The van der Waals surface area contributed by atoms with Gasteiger partial charge in [-0.1, -0.05) is 0 Å². The number of ether oxygens (including phenoxy) is 1. The highest BCUT2D eigenvalue weighted by molar-refractivity contribution is 9.10. The third-order valence-electron chi connectivity index (χ3n) is 2.58. The lowest BCUT2D eigenvalue weighted by Crippen LogP contribution is -2.22. The molecule has 2 heterocycles. The summed E-state index contributed by atoms with van der Waals surface area (Å²) in [5, 5.41) is 3.24. The Morgan fingerprint density at radius 3 is 2.94 bits per heavy atom. The van der Waals surface area contributed by atoms with Crippen molar-refractivity contribution >= 4 is 15.9 Å². The first-order valence-corrected chi connectivity index (χ1v) is 6.22. The van der Waals surface area contributed by atoms with Crippen LogP contribution in [0.5, 0.6) is 0 Å². The summed E-state index contributed by atoms with van der Waals surface area (Å²) in [7, 11) is 1.92. The van der Waals surface area contributed by atoms with Gasteiger partial charge in [0.15, 0.2) is 0 Å². The molecule has 1 aliphatic heterocycles. The summed E-state index contributed by atoms with van der Waals surface area (Å²) in [6.07, 6.45) is 6.15. The van der Waals surface area contributed by atoms with Crippen molar-refractivity contribution in [1.29, 1.82) is 0 Å². The van der Waals surface area contributed by atoms with Crippen LogP contribution in [0.1, 0.15) is 24.6 Å². The molecule has 1 aromatic rings. The van der Waals surface area contributed by atoms with Crippen molar-refractivity contribution < 1.29 is 4.74 Å². The van der Waals surface area contributed by atoms with Gasteiger partial charge in [-0.15, -0.1) is 0 Å². The molecule has 0 amide bonds. The summed E-state index contributed by atoms with van der Waals surface area (Å²) < 4.78 is 6.65. The van der Waals surface area contributed by atoms with E-state index in [-0.39, 0.29) is 6.04 Å². The number of allylic oxidation sites excluding steroid dienone is 1. The molecule has 0 bridgehead atoms. The molecule has 4 heteroatoms. The highest BCUT2D eigenvalue weighted by Gasteiger charge is 2.19. The maximum atomic E-state index is 5.66. The van der Waals surface area contributed by atoms with E-state index in [0.29, 0.717) is 0 Å². The summed E-state index contributed by atoms with van der Waals surface area (Å²) in [5.74, 6) is 0.989. The third kappa shape index (κ3) is 2.62. The third-order valence-corrected chi connectivity index (χ3v) is 3.05. The monoisotopic (exact) mass is 282 g/mol. The number of rotatable bonds is 3. The molecule has 1 aliphatic rings. The van der Waals surface area contributed by atoms with E-state index < -0.39 is 0 Å². The van der Waals surface area contributed by atoms with E-state index in [1.807, 2.05) is 25.4 Å². The molecule has 0 aliphatic carbocycles. The zero-order chi connectivity index (χ0) is 11.4. The van der Waals surface area contributed by atoms with Crippen LogP contribution in [0.3, 0.4) is 0 Å². The summed E-state index contributed by atoms with van der Waals surface area (Å²) in [5.41, 5.74) is 0.985. The lowest BCUT2D eigenvalue weighted by molar-refractivity contribution is 0.169. The standard InChI is InChI=1S/C12H15BrN2O/c1-14-12(11-4-2-3-7-16-11)10-6-5-9(13)8-15-10/h4-6,8,12,14H,2-3,7H2,1H3. The number of hydrogen-bond acceptors (Lipinski definition) is 3. The van der Waals surface area contributed by atoms with Gasteiger partial charge in [-0.25, -0.2) is 0 Å². The average Bonchev–Trinajstić information content (AvgIpc) is 2.34. The first kappa shape index (κ1) is 11.6. The second-order valence-corrected chi connectivity index (χ2v) is 4.64. The second-order valence-electron chi connectivity index (χ2n) is 3.72. The highest BCUT2D eigenvalue weighted by atomic mass is 79.9. The fourth-order valence-corrected chi connectivity index (χ4v) is 2.01. The van der Waals surface area contributed by atoms with Crippen LogP contribution in [-0.2, 0) is 4.74 Å². The molecule has 1 aromatic heterocycles. The van der Waals surface area contributed by atoms with Crippen molar-refractivity contribution in [1.82, 2.24) is 10.3 Å². The number of halogens is 1. The molecule has 0 saturated heterocycles. The fraction of sp³-hybridized carbons (Fsp3) is 0.417. The molecule has 2 rings (SSSR count). The number of pyridine rings is 1. The summed E-state index contributed by atoms with van der Waals surface area (Å²) in [6.45, 7) is 0.806. The van der Waals surface area contributed by atoms with Gasteiger partial charge in [0.25, 0.3) is 0 Å². The molecule has 0 aromatic carbocycles. The van der Waals surface area contributed by atoms with E-state index in [1.165, 1.54) is 0 Å². The van der Waals surface area contributed by atoms with Crippen molar-refractivity contribution in [2.45, 2.75) is 18.9 Å². The summed E-state index contributed by atoms with van der Waals surface area (Å²) >= 11 is 3.38. The minimum Gasteiger partial charge on any atom is -0.496 e. The zero-order valence-corrected chi connectivity index (χ0v) is 10.8. The van der Waals surface area contributed by atoms with E-state index in [2.05, 4.69) is 32.3 Å². The Bertz CT molecular complexity index is 375. The molecule has 86 valence electrons. The van der Waals surface area contributed by atoms with Gasteiger partial charge in [-0.2, -0.15) is 0 Å². The van der Waals surface area contributed by atoms with Gasteiger partial charge < -0.3 is 10.1 Å². The van der Waals surface area contributed by atoms with Gasteiger partial charge >= 0.3 is 0 Å². The second kappa shape index (κ2) is 5.46. The molecule has 0 spiro atoms. The number of likely N-dealkylation sites (N-methyl/N-ethyl adjacent to an activating group) is 1. The molecule has 0 radical (unpaired) electrons. The molecule has 1 atom stereocenters. The molecule has 1 N–H and O–H groups in total. The zero-order valence-electron chi connectivity index (χ0n) is 9.24. The number of hydrogen-bond donors (Lipinski definition) is 1. The Labute approximate surface area is 104 Å². The van der Waals surface area contributed by atoms with Crippen LogP contribution < -0.4 is 5.32 Å². The van der Waals surface area contributed by atoms with Gasteiger partial charge in [0, 0.05) is 10.7 Å². The van der Waals surface area contributed by atoms with Gasteiger partial charge in [0.05, 0.1) is 12.3 Å². The van der Waals surface area contributed by atoms with E-state index >= 15 is 0 Å². The van der Waals surface area contributed by atoms with Gasteiger partial charge in [0.1, 0.15) is 11.8 Å². The Balaban J connectivity index is 2.21. The molecule has 0 fully saturated rings. The summed E-state index contributed by atoms with van der Waals surface area (Å²) in [6, 6.07) is 4.06. The van der Waals surface area contributed by atoms with Crippen molar-refractivity contribution in [3.8, 4) is 0 Å². The maximum absolute atomic E-state index is 5.66. The van der Waals surface area contributed by atoms with Crippen molar-refractivity contribution in [3.63, 3.8) is 0 Å². The van der Waals surface area contributed by atoms with Crippen LogP contribution in [0.25, 0.3) is 0 Å². The molecular formula is C12H15BrN2O. The van der Waals surface area contributed by atoms with Crippen molar-refractivity contribution in [2.75, 3.05) is 13.7 Å². The van der Waals surface area contributed by atoms with Crippen molar-refractivity contribution in [3.05, 3.63) is 40.3 Å². The smallest absolute Gasteiger partial charge is 0.115 e. The van der Waals surface area contributed by atoms with Crippen LogP contribution in [-0.4, -0.2) is 18.6 Å². The minimum atomic E-state index is 0.0633. The fourth-order valence-electron chi connectivity index (χ4n) is 1.77. The van der Waals surface area contributed by atoms with E-state index in [9.17, 15) is 0 Å². The predicted octanol–water partition coefficient (Wildman–Crippen LogP) is 2.80. The molecule has 1 unspecified atom stereocenters. The Hall–Kier alpha value is -0.870. The normalized spacial score (nSPS) is 17.5. The molecule has 3 nitrogen and oxygen atoms in total. The number of aromatic nitrogens is 1. The number of nitrogens with one attached hydrogen (secondary N) is 1. The van der Waals surface area contributed by atoms with Crippen LogP contribution >= 0.6 is 15.9 Å². The summed E-state index contributed by atoms with van der Waals surface area (Å²) in [4.78, 5) is 4.39.